The first-order chi connectivity index (χ1) is 7.22. The van der Waals surface area contributed by atoms with Gasteiger partial charge in [-0.1, -0.05) is 0 Å². The number of carbonyl (C=O) groups excluding carboxylic acids is 2. The number of rotatable bonds is 3. The number of nitrogens with zero attached hydrogens (tertiary/aromatic N) is 1. The molecule has 1 aromatic heterocycles. The van der Waals surface area contributed by atoms with Gasteiger partial charge in [0.05, 0.1) is 4.88 Å². The van der Waals surface area contributed by atoms with E-state index in [0.29, 0.717) is 4.88 Å². The highest BCUT2D eigenvalue weighted by Gasteiger charge is 2.29. The van der Waals surface area contributed by atoms with Gasteiger partial charge in [0.15, 0.2) is 6.29 Å². The molecule has 1 amide bonds. The number of carbonyl (C=O) groups is 2. The van der Waals surface area contributed by atoms with Crippen molar-refractivity contribution in [3.63, 3.8) is 0 Å². The number of aldehydes is 1. The molecular weight excluding hydrogens is 212 g/mol. The van der Waals surface area contributed by atoms with Gasteiger partial charge in [-0.25, -0.2) is 0 Å². The molecule has 1 saturated heterocycles. The lowest BCUT2D eigenvalue weighted by molar-refractivity contribution is -0.119. The molecule has 0 spiro atoms. The molecule has 0 radical (unpaired) electrons. The molecule has 0 bridgehead atoms. The second-order valence-corrected chi connectivity index (χ2v) is 4.52. The van der Waals surface area contributed by atoms with Crippen LogP contribution >= 0.6 is 11.3 Å². The summed E-state index contributed by atoms with van der Waals surface area (Å²) in [4.78, 5) is 24.4. The summed E-state index contributed by atoms with van der Waals surface area (Å²) in [5.74, 6) is -0.286. The van der Waals surface area contributed by atoms with Gasteiger partial charge in [0.1, 0.15) is 6.04 Å². The summed E-state index contributed by atoms with van der Waals surface area (Å²) >= 11 is 1.39. The van der Waals surface area contributed by atoms with Crippen LogP contribution < -0.4 is 10.6 Å². The van der Waals surface area contributed by atoms with Crippen molar-refractivity contribution in [2.75, 3.05) is 11.4 Å². The molecule has 2 heterocycles. The van der Waals surface area contributed by atoms with Gasteiger partial charge in [0, 0.05) is 17.6 Å². The second kappa shape index (κ2) is 4.02. The number of hydrogen-bond donors (Lipinski definition) is 1. The Labute approximate surface area is 91.7 Å². The Morgan fingerprint density at radius 2 is 2.47 bits per heavy atom. The van der Waals surface area contributed by atoms with Crippen molar-refractivity contribution in [1.29, 1.82) is 0 Å². The highest BCUT2D eigenvalue weighted by molar-refractivity contribution is 7.12. The van der Waals surface area contributed by atoms with Crippen LogP contribution in [0.5, 0.6) is 0 Å². The molecule has 1 unspecified atom stereocenters. The van der Waals surface area contributed by atoms with E-state index in [1.807, 2.05) is 10.3 Å². The summed E-state index contributed by atoms with van der Waals surface area (Å²) < 4.78 is 0. The van der Waals surface area contributed by atoms with Crippen LogP contribution in [0.1, 0.15) is 22.5 Å². The fourth-order valence-corrected chi connectivity index (χ4v) is 2.63. The van der Waals surface area contributed by atoms with Gasteiger partial charge < -0.3 is 10.6 Å². The third kappa shape index (κ3) is 1.87. The van der Waals surface area contributed by atoms with E-state index in [1.165, 1.54) is 11.3 Å². The van der Waals surface area contributed by atoms with Crippen LogP contribution in [0.4, 0.5) is 5.69 Å². The van der Waals surface area contributed by atoms with E-state index >= 15 is 0 Å². The standard InChI is InChI=1S/C10H12N2O2S/c11-10(14)9-2-1-3-12(9)7-4-8(5-13)15-6-7/h4-6,9H,1-3H2,(H2,11,14). The van der Waals surface area contributed by atoms with Crippen LogP contribution in [-0.4, -0.2) is 24.8 Å². The van der Waals surface area contributed by atoms with Crippen molar-refractivity contribution in [2.45, 2.75) is 18.9 Å². The van der Waals surface area contributed by atoms with E-state index in [1.54, 1.807) is 6.07 Å². The number of thiophene rings is 1. The number of anilines is 1. The fraction of sp³-hybridized carbons (Fsp3) is 0.400. The van der Waals surface area contributed by atoms with E-state index in [-0.39, 0.29) is 11.9 Å². The van der Waals surface area contributed by atoms with Crippen LogP contribution in [0.15, 0.2) is 11.4 Å². The van der Waals surface area contributed by atoms with Crippen molar-refractivity contribution < 1.29 is 9.59 Å². The molecule has 1 aliphatic heterocycles. The SMILES string of the molecule is NC(=O)C1CCCN1c1csc(C=O)c1. The minimum absolute atomic E-state index is 0.209. The maximum absolute atomic E-state index is 11.2. The first-order valence-electron chi connectivity index (χ1n) is 4.82. The summed E-state index contributed by atoms with van der Waals surface area (Å²) in [6, 6.07) is 1.60. The number of amides is 1. The molecule has 0 saturated carbocycles. The lowest BCUT2D eigenvalue weighted by atomic mass is 10.2. The molecule has 2 rings (SSSR count). The Hall–Kier alpha value is -1.36. The summed E-state index contributed by atoms with van der Waals surface area (Å²) in [7, 11) is 0. The molecule has 5 heteroatoms. The fourth-order valence-electron chi connectivity index (χ4n) is 1.93. The van der Waals surface area contributed by atoms with Crippen LogP contribution in [-0.2, 0) is 4.79 Å². The molecule has 0 aromatic carbocycles. The van der Waals surface area contributed by atoms with Crippen molar-refractivity contribution in [3.8, 4) is 0 Å². The average Bonchev–Trinajstić information content (AvgIpc) is 2.85. The summed E-state index contributed by atoms with van der Waals surface area (Å²) in [5.41, 5.74) is 6.25. The maximum Gasteiger partial charge on any atom is 0.240 e. The van der Waals surface area contributed by atoms with Gasteiger partial charge in [-0.3, -0.25) is 9.59 Å². The second-order valence-electron chi connectivity index (χ2n) is 3.58. The number of primary amides is 1. The highest BCUT2D eigenvalue weighted by atomic mass is 32.1. The smallest absolute Gasteiger partial charge is 0.240 e. The Balaban J connectivity index is 2.22. The summed E-state index contributed by atoms with van der Waals surface area (Å²) in [6.45, 7) is 0.836. The van der Waals surface area contributed by atoms with Crippen molar-refractivity contribution in [2.24, 2.45) is 5.73 Å². The molecule has 1 aromatic rings. The summed E-state index contributed by atoms with van der Waals surface area (Å²) in [6.07, 6.45) is 2.60. The zero-order valence-corrected chi connectivity index (χ0v) is 9.00. The Kier molecular flexibility index (Phi) is 2.73. The van der Waals surface area contributed by atoms with Crippen molar-refractivity contribution in [3.05, 3.63) is 16.3 Å². The average molecular weight is 224 g/mol. The molecule has 15 heavy (non-hydrogen) atoms. The Morgan fingerprint density at radius 1 is 1.67 bits per heavy atom. The number of hydrogen-bond acceptors (Lipinski definition) is 4. The monoisotopic (exact) mass is 224 g/mol. The Bertz CT molecular complexity index is 389. The van der Waals surface area contributed by atoms with Crippen LogP contribution in [0.25, 0.3) is 0 Å². The largest absolute Gasteiger partial charge is 0.368 e. The molecule has 4 nitrogen and oxygen atoms in total. The van der Waals surface area contributed by atoms with Crippen LogP contribution in [0.2, 0.25) is 0 Å². The molecule has 0 aliphatic carbocycles. The molecular formula is C10H12N2O2S. The van der Waals surface area contributed by atoms with Gasteiger partial charge in [-0.15, -0.1) is 11.3 Å². The zero-order chi connectivity index (χ0) is 10.8. The normalized spacial score (nSPS) is 20.5. The first-order valence-corrected chi connectivity index (χ1v) is 5.70. The van der Waals surface area contributed by atoms with E-state index in [4.69, 9.17) is 5.73 Å². The third-order valence-corrected chi connectivity index (χ3v) is 3.48. The molecule has 2 N–H and O–H groups in total. The van der Waals surface area contributed by atoms with Gasteiger partial charge in [-0.2, -0.15) is 0 Å². The van der Waals surface area contributed by atoms with E-state index in [0.717, 1.165) is 31.4 Å². The predicted octanol–water partition coefficient (Wildman–Crippen LogP) is 1.01. The minimum atomic E-state index is -0.286. The molecule has 1 atom stereocenters. The van der Waals surface area contributed by atoms with E-state index in [2.05, 4.69) is 0 Å². The highest BCUT2D eigenvalue weighted by Crippen LogP contribution is 2.29. The molecule has 1 aliphatic rings. The number of nitrogens with two attached hydrogens (primary N) is 1. The van der Waals surface area contributed by atoms with Crippen molar-refractivity contribution in [1.82, 2.24) is 0 Å². The minimum Gasteiger partial charge on any atom is -0.368 e. The quantitative estimate of drug-likeness (QED) is 0.779. The predicted molar refractivity (Wildman–Crippen MR) is 59.3 cm³/mol. The van der Waals surface area contributed by atoms with Gasteiger partial charge in [0.25, 0.3) is 0 Å². The first kappa shape index (κ1) is 10.2. The topological polar surface area (TPSA) is 63.4 Å². The van der Waals surface area contributed by atoms with Gasteiger partial charge >= 0.3 is 0 Å². The zero-order valence-electron chi connectivity index (χ0n) is 8.18. The maximum atomic E-state index is 11.2. The van der Waals surface area contributed by atoms with Gasteiger partial charge in [0.2, 0.25) is 5.91 Å². The molecule has 1 fully saturated rings. The van der Waals surface area contributed by atoms with Crippen molar-refractivity contribution >= 4 is 29.2 Å². The van der Waals surface area contributed by atoms with Crippen LogP contribution in [0.3, 0.4) is 0 Å². The third-order valence-electron chi connectivity index (χ3n) is 2.63. The van der Waals surface area contributed by atoms with Crippen LogP contribution in [0, 0.1) is 0 Å². The lowest BCUT2D eigenvalue weighted by Gasteiger charge is -2.22. The summed E-state index contributed by atoms with van der Waals surface area (Å²) in [5, 5.41) is 1.89. The Morgan fingerprint density at radius 3 is 3.07 bits per heavy atom. The van der Waals surface area contributed by atoms with E-state index in [9.17, 15) is 9.59 Å². The van der Waals surface area contributed by atoms with Gasteiger partial charge in [-0.05, 0) is 18.9 Å². The lowest BCUT2D eigenvalue weighted by Crippen LogP contribution is -2.40. The molecule has 80 valence electrons. The van der Waals surface area contributed by atoms with E-state index < -0.39 is 0 Å².